The molecule has 1 heterocycles. The van der Waals surface area contributed by atoms with Crippen molar-refractivity contribution in [3.63, 3.8) is 0 Å². The Bertz CT molecular complexity index is 927. The zero-order valence-electron chi connectivity index (χ0n) is 13.8. The first kappa shape index (κ1) is 19.1. The van der Waals surface area contributed by atoms with Crippen LogP contribution in [0.5, 0.6) is 0 Å². The number of hydrogen-bond acceptors (Lipinski definition) is 2. The van der Waals surface area contributed by atoms with Gasteiger partial charge >= 0.3 is 6.18 Å². The van der Waals surface area contributed by atoms with Gasteiger partial charge in [0.1, 0.15) is 0 Å². The number of aryl methyl sites for hydroxylation is 1. The Morgan fingerprint density at radius 3 is 2.48 bits per heavy atom. The van der Waals surface area contributed by atoms with Gasteiger partial charge in [-0.2, -0.15) is 13.2 Å². The van der Waals surface area contributed by atoms with E-state index in [0.717, 1.165) is 18.4 Å². The molecular weight excluding hydrogens is 466 g/mol. The molecule has 0 bridgehead atoms. The summed E-state index contributed by atoms with van der Waals surface area (Å²) in [4.78, 5) is 5.33. The van der Waals surface area contributed by atoms with Crippen molar-refractivity contribution in [1.82, 2.24) is 0 Å². The Labute approximate surface area is 172 Å². The molecule has 2 aromatic carbocycles. The van der Waals surface area contributed by atoms with Gasteiger partial charge in [-0.05, 0) is 53.8 Å². The van der Waals surface area contributed by atoms with Gasteiger partial charge in [0.2, 0.25) is 0 Å². The van der Waals surface area contributed by atoms with E-state index in [1.54, 1.807) is 6.07 Å². The minimum Gasteiger partial charge on any atom is -0.374 e. The number of halogens is 6. The maximum absolute atomic E-state index is 14.0. The lowest BCUT2D eigenvalue weighted by Gasteiger charge is -2.29. The van der Waals surface area contributed by atoms with Gasteiger partial charge < -0.3 is 4.84 Å². The largest absolute Gasteiger partial charge is 0.435 e. The summed E-state index contributed by atoms with van der Waals surface area (Å²) in [5.74, 6) is 0. The van der Waals surface area contributed by atoms with Crippen LogP contribution in [0, 0.1) is 0 Å². The zero-order chi connectivity index (χ0) is 19.4. The van der Waals surface area contributed by atoms with Crippen LogP contribution >= 0.6 is 39.1 Å². The summed E-state index contributed by atoms with van der Waals surface area (Å²) in [6.45, 7) is 0. The topological polar surface area (TPSA) is 21.6 Å². The predicted molar refractivity (Wildman–Crippen MR) is 103 cm³/mol. The summed E-state index contributed by atoms with van der Waals surface area (Å²) < 4.78 is 42.1. The summed E-state index contributed by atoms with van der Waals surface area (Å²) >= 11 is 15.4. The second kappa shape index (κ2) is 6.68. The van der Waals surface area contributed by atoms with E-state index in [4.69, 9.17) is 28.0 Å². The second-order valence-corrected chi connectivity index (χ2v) is 8.69. The first-order valence-corrected chi connectivity index (χ1v) is 9.92. The fourth-order valence-corrected chi connectivity index (χ4v) is 4.79. The zero-order valence-corrected chi connectivity index (χ0v) is 16.9. The van der Waals surface area contributed by atoms with Crippen LogP contribution in [0.4, 0.5) is 13.2 Å². The molecule has 0 fully saturated rings. The molecule has 2 unspecified atom stereocenters. The summed E-state index contributed by atoms with van der Waals surface area (Å²) in [5.41, 5.74) is 0.412. The highest BCUT2D eigenvalue weighted by Crippen LogP contribution is 2.50. The Hall–Kier alpha value is -1.24. The van der Waals surface area contributed by atoms with E-state index < -0.39 is 18.2 Å². The molecule has 0 N–H and O–H groups in total. The highest BCUT2D eigenvalue weighted by atomic mass is 79.9. The van der Waals surface area contributed by atoms with E-state index in [0.29, 0.717) is 5.56 Å². The first-order chi connectivity index (χ1) is 12.7. The van der Waals surface area contributed by atoms with Gasteiger partial charge in [0, 0.05) is 26.9 Å². The van der Waals surface area contributed by atoms with Gasteiger partial charge in [-0.1, -0.05) is 56.4 Å². The van der Waals surface area contributed by atoms with Crippen molar-refractivity contribution in [2.75, 3.05) is 0 Å². The quantitative estimate of drug-likeness (QED) is 0.427. The van der Waals surface area contributed by atoms with Crippen LogP contribution in [0.2, 0.25) is 10.0 Å². The molecule has 27 heavy (non-hydrogen) atoms. The lowest BCUT2D eigenvalue weighted by molar-refractivity contribution is -0.275. The lowest BCUT2D eigenvalue weighted by atomic mass is 9.86. The van der Waals surface area contributed by atoms with Crippen LogP contribution in [0.15, 0.2) is 41.6 Å². The van der Waals surface area contributed by atoms with Crippen molar-refractivity contribution in [3.05, 3.63) is 68.7 Å². The molecular formula is C19H13BrCl2F3NO. The highest BCUT2D eigenvalue weighted by molar-refractivity contribution is 9.09. The van der Waals surface area contributed by atoms with Crippen LogP contribution in [-0.2, 0) is 16.9 Å². The number of oxime groups is 1. The Morgan fingerprint density at radius 2 is 1.81 bits per heavy atom. The van der Waals surface area contributed by atoms with Gasteiger partial charge in [0.25, 0.3) is 5.60 Å². The van der Waals surface area contributed by atoms with E-state index in [1.165, 1.54) is 23.8 Å². The average molecular weight is 479 g/mol. The Kier molecular flexibility index (Phi) is 4.72. The van der Waals surface area contributed by atoms with Crippen LogP contribution in [0.3, 0.4) is 0 Å². The molecule has 0 saturated heterocycles. The number of rotatable bonds is 2. The molecule has 0 amide bonds. The Balaban J connectivity index is 1.72. The molecule has 0 radical (unpaired) electrons. The average Bonchev–Trinajstić information content (AvgIpc) is 3.19. The summed E-state index contributed by atoms with van der Waals surface area (Å²) in [6, 6.07) is 9.44. The van der Waals surface area contributed by atoms with Gasteiger partial charge in [-0.3, -0.25) is 0 Å². The lowest BCUT2D eigenvalue weighted by Crippen LogP contribution is -2.42. The van der Waals surface area contributed by atoms with Crippen LogP contribution in [0.1, 0.15) is 39.9 Å². The molecule has 0 saturated carbocycles. The molecule has 0 aromatic heterocycles. The number of alkyl halides is 4. The summed E-state index contributed by atoms with van der Waals surface area (Å²) in [7, 11) is 0. The molecule has 2 atom stereocenters. The normalized spacial score (nSPS) is 24.5. The van der Waals surface area contributed by atoms with E-state index in [-0.39, 0.29) is 26.1 Å². The minimum absolute atomic E-state index is 0.110. The van der Waals surface area contributed by atoms with Crippen molar-refractivity contribution in [3.8, 4) is 0 Å². The molecule has 1 aliphatic heterocycles. The van der Waals surface area contributed by atoms with Crippen LogP contribution < -0.4 is 0 Å². The molecule has 1 aliphatic carbocycles. The molecule has 8 heteroatoms. The van der Waals surface area contributed by atoms with Crippen LogP contribution in [-0.4, -0.2) is 11.9 Å². The SMILES string of the molecule is FC(F)(F)C1(c2cc(Cl)cc(Cl)c2)CC(c2ccc3c(c2)CCC3Br)=NO1. The first-order valence-electron chi connectivity index (χ1n) is 8.25. The number of fused-ring (bicyclic) bond motifs is 1. The third-order valence-electron chi connectivity index (χ3n) is 5.00. The van der Waals surface area contributed by atoms with Crippen LogP contribution in [0.25, 0.3) is 0 Å². The van der Waals surface area contributed by atoms with E-state index in [9.17, 15) is 13.2 Å². The van der Waals surface area contributed by atoms with Gasteiger partial charge in [0.15, 0.2) is 0 Å². The molecule has 2 aromatic rings. The fraction of sp³-hybridized carbons (Fsp3) is 0.316. The third-order valence-corrected chi connectivity index (χ3v) is 6.38. The van der Waals surface area contributed by atoms with Gasteiger partial charge in [-0.25, -0.2) is 0 Å². The van der Waals surface area contributed by atoms with Gasteiger partial charge in [-0.15, -0.1) is 0 Å². The van der Waals surface area contributed by atoms with E-state index >= 15 is 0 Å². The molecule has 142 valence electrons. The van der Waals surface area contributed by atoms with Crippen molar-refractivity contribution < 1.29 is 18.0 Å². The maximum atomic E-state index is 14.0. The van der Waals surface area contributed by atoms with Crippen molar-refractivity contribution in [1.29, 1.82) is 0 Å². The smallest absolute Gasteiger partial charge is 0.374 e. The monoisotopic (exact) mass is 477 g/mol. The van der Waals surface area contributed by atoms with Crippen molar-refractivity contribution >= 4 is 44.8 Å². The van der Waals surface area contributed by atoms with E-state index in [1.807, 2.05) is 12.1 Å². The van der Waals surface area contributed by atoms with Crippen molar-refractivity contribution in [2.45, 2.75) is 35.9 Å². The minimum atomic E-state index is -4.69. The summed E-state index contributed by atoms with van der Waals surface area (Å²) in [6.07, 6.45) is -3.29. The van der Waals surface area contributed by atoms with Crippen molar-refractivity contribution in [2.24, 2.45) is 5.16 Å². The third kappa shape index (κ3) is 3.26. The predicted octanol–water partition coefficient (Wildman–Crippen LogP) is 6.96. The number of hydrogen-bond donors (Lipinski definition) is 0. The second-order valence-electron chi connectivity index (χ2n) is 6.71. The Morgan fingerprint density at radius 1 is 1.11 bits per heavy atom. The molecule has 2 aliphatic rings. The molecule has 0 spiro atoms. The van der Waals surface area contributed by atoms with Gasteiger partial charge in [0.05, 0.1) is 5.71 Å². The standard InChI is InChI=1S/C19H13BrCl2F3NO/c20-16-4-2-10-5-11(1-3-15(10)16)17-9-18(27-26-17,19(23,24)25)12-6-13(21)8-14(22)7-12/h1,3,5-8,16H,2,4,9H2. The number of nitrogens with zero attached hydrogens (tertiary/aromatic N) is 1. The fourth-order valence-electron chi connectivity index (χ4n) is 3.59. The summed E-state index contributed by atoms with van der Waals surface area (Å²) in [5, 5.41) is 4.03. The van der Waals surface area contributed by atoms with E-state index in [2.05, 4.69) is 21.1 Å². The molecule has 4 rings (SSSR count). The molecule has 2 nitrogen and oxygen atoms in total. The number of benzene rings is 2. The maximum Gasteiger partial charge on any atom is 0.435 e. The highest BCUT2D eigenvalue weighted by Gasteiger charge is 2.62.